The van der Waals surface area contributed by atoms with Crippen LogP contribution in [0.5, 0.6) is 0 Å². The van der Waals surface area contributed by atoms with Crippen molar-refractivity contribution in [3.63, 3.8) is 0 Å². The Bertz CT molecular complexity index is 794. The first-order valence-electron chi connectivity index (χ1n) is 7.32. The molecule has 1 amide bonds. The molecule has 8 heteroatoms. The Morgan fingerprint density at radius 3 is 2.57 bits per heavy atom. The molecule has 0 unspecified atom stereocenters. The zero-order valence-electron chi connectivity index (χ0n) is 14.0. The fourth-order valence-corrected chi connectivity index (χ4v) is 3.27. The van der Waals surface area contributed by atoms with Gasteiger partial charge in [0.25, 0.3) is 11.5 Å². The van der Waals surface area contributed by atoms with Crippen molar-refractivity contribution in [2.24, 2.45) is 7.05 Å². The lowest BCUT2D eigenvalue weighted by atomic mass is 10.1. The van der Waals surface area contributed by atoms with Gasteiger partial charge >= 0.3 is 0 Å². The van der Waals surface area contributed by atoms with E-state index in [0.717, 1.165) is 11.3 Å². The van der Waals surface area contributed by atoms with E-state index < -0.39 is 0 Å². The molecule has 23 heavy (non-hydrogen) atoms. The van der Waals surface area contributed by atoms with Gasteiger partial charge in [-0.25, -0.2) is 9.67 Å². The van der Waals surface area contributed by atoms with Crippen LogP contribution in [-0.4, -0.2) is 40.8 Å². The zero-order valence-corrected chi connectivity index (χ0v) is 14.8. The first-order valence-corrected chi connectivity index (χ1v) is 8.13. The summed E-state index contributed by atoms with van der Waals surface area (Å²) in [5.74, 6) is -0.165. The highest BCUT2D eigenvalue weighted by Crippen LogP contribution is 2.28. The summed E-state index contributed by atoms with van der Waals surface area (Å²) in [6.45, 7) is 6.71. The Labute approximate surface area is 138 Å². The molecule has 2 aromatic rings. The van der Waals surface area contributed by atoms with Gasteiger partial charge in [0.05, 0.1) is 17.0 Å². The molecule has 0 aliphatic carbocycles. The monoisotopic (exact) mass is 335 g/mol. The van der Waals surface area contributed by atoms with Crippen molar-refractivity contribution in [3.8, 4) is 10.6 Å². The Morgan fingerprint density at radius 2 is 1.91 bits per heavy atom. The molecular weight excluding hydrogens is 314 g/mol. The van der Waals surface area contributed by atoms with Crippen molar-refractivity contribution in [2.75, 3.05) is 20.1 Å². The third-order valence-corrected chi connectivity index (χ3v) is 4.78. The van der Waals surface area contributed by atoms with Gasteiger partial charge in [-0.1, -0.05) is 0 Å². The highest BCUT2D eigenvalue weighted by atomic mass is 32.1. The zero-order chi connectivity index (χ0) is 17.1. The lowest BCUT2D eigenvalue weighted by Crippen LogP contribution is -2.30. The predicted octanol–water partition coefficient (Wildman–Crippen LogP) is 0.778. The molecule has 7 nitrogen and oxygen atoms in total. The van der Waals surface area contributed by atoms with Gasteiger partial charge in [0.1, 0.15) is 9.88 Å². The minimum atomic E-state index is -0.205. The van der Waals surface area contributed by atoms with Gasteiger partial charge in [-0.2, -0.15) is 5.10 Å². The van der Waals surface area contributed by atoms with Gasteiger partial charge in [-0.15, -0.1) is 11.3 Å². The molecule has 0 aliphatic rings. The maximum Gasteiger partial charge on any atom is 0.277 e. The molecule has 0 saturated heterocycles. The van der Waals surface area contributed by atoms with E-state index in [1.807, 2.05) is 20.9 Å². The minimum absolute atomic E-state index is 0.165. The van der Waals surface area contributed by atoms with Crippen LogP contribution in [0.2, 0.25) is 0 Å². The van der Waals surface area contributed by atoms with Crippen molar-refractivity contribution in [1.29, 1.82) is 0 Å². The second-order valence-corrected chi connectivity index (χ2v) is 6.31. The number of carbonyl (C=O) groups is 1. The maximum atomic E-state index is 12.4. The quantitative estimate of drug-likeness (QED) is 0.788. The summed E-state index contributed by atoms with van der Waals surface area (Å²) in [5, 5.41) is 10.5. The molecule has 0 aliphatic heterocycles. The van der Waals surface area contributed by atoms with E-state index in [4.69, 9.17) is 0 Å². The van der Waals surface area contributed by atoms with E-state index >= 15 is 0 Å². The van der Waals surface area contributed by atoms with Gasteiger partial charge in [0.2, 0.25) is 0 Å². The lowest BCUT2D eigenvalue weighted by molar-refractivity contribution is 0.0957. The SMILES string of the molecule is CNCCNC(=O)c1sc(-c2c(C)c(C)nn(C)c2=O)nc1C. The van der Waals surface area contributed by atoms with Crippen LogP contribution >= 0.6 is 11.3 Å². The summed E-state index contributed by atoms with van der Waals surface area (Å²) < 4.78 is 1.31. The molecule has 0 spiro atoms. The number of carbonyl (C=O) groups excluding carboxylic acids is 1. The number of hydrogen-bond donors (Lipinski definition) is 2. The number of nitrogens with one attached hydrogen (secondary N) is 2. The largest absolute Gasteiger partial charge is 0.350 e. The molecule has 2 rings (SSSR count). The molecule has 2 heterocycles. The van der Waals surface area contributed by atoms with Gasteiger partial charge in [-0.05, 0) is 33.4 Å². The van der Waals surface area contributed by atoms with Crippen LogP contribution in [0.25, 0.3) is 10.6 Å². The van der Waals surface area contributed by atoms with Crippen LogP contribution in [0.3, 0.4) is 0 Å². The van der Waals surface area contributed by atoms with Crippen molar-refractivity contribution >= 4 is 17.2 Å². The predicted molar refractivity (Wildman–Crippen MR) is 91.1 cm³/mol. The molecule has 0 fully saturated rings. The number of thiazole rings is 1. The summed E-state index contributed by atoms with van der Waals surface area (Å²) in [7, 11) is 3.44. The van der Waals surface area contributed by atoms with Crippen LogP contribution in [0.4, 0.5) is 0 Å². The summed E-state index contributed by atoms with van der Waals surface area (Å²) in [6, 6.07) is 0. The molecule has 2 N–H and O–H groups in total. The number of nitrogens with zero attached hydrogens (tertiary/aromatic N) is 3. The molecule has 0 radical (unpaired) electrons. The fourth-order valence-electron chi connectivity index (χ4n) is 2.20. The average Bonchev–Trinajstić information content (AvgIpc) is 2.87. The molecular formula is C15H21N5O2S. The number of amides is 1. The van der Waals surface area contributed by atoms with Crippen molar-refractivity contribution in [3.05, 3.63) is 32.2 Å². The molecule has 0 aromatic carbocycles. The Hall–Kier alpha value is -2.06. The van der Waals surface area contributed by atoms with Crippen molar-refractivity contribution in [2.45, 2.75) is 20.8 Å². The Balaban J connectivity index is 2.43. The number of aromatic nitrogens is 3. The van der Waals surface area contributed by atoms with Crippen LogP contribution in [-0.2, 0) is 7.05 Å². The van der Waals surface area contributed by atoms with E-state index in [1.54, 1.807) is 14.0 Å². The van der Waals surface area contributed by atoms with Crippen molar-refractivity contribution in [1.82, 2.24) is 25.4 Å². The summed E-state index contributed by atoms with van der Waals surface area (Å²) in [5.41, 5.74) is 2.51. The summed E-state index contributed by atoms with van der Waals surface area (Å²) in [4.78, 5) is 29.6. The summed E-state index contributed by atoms with van der Waals surface area (Å²) >= 11 is 1.24. The smallest absolute Gasteiger partial charge is 0.277 e. The van der Waals surface area contributed by atoms with E-state index in [1.165, 1.54) is 16.0 Å². The first kappa shape index (κ1) is 17.3. The topological polar surface area (TPSA) is 88.9 Å². The molecule has 0 atom stereocenters. The number of hydrogen-bond acceptors (Lipinski definition) is 6. The third kappa shape index (κ3) is 3.48. The highest BCUT2D eigenvalue weighted by molar-refractivity contribution is 7.17. The lowest BCUT2D eigenvalue weighted by Gasteiger charge is -2.07. The number of aryl methyl sites for hydroxylation is 3. The maximum absolute atomic E-state index is 12.4. The minimum Gasteiger partial charge on any atom is -0.350 e. The van der Waals surface area contributed by atoms with Crippen molar-refractivity contribution < 1.29 is 4.79 Å². The van der Waals surface area contributed by atoms with Gasteiger partial charge in [-0.3, -0.25) is 9.59 Å². The van der Waals surface area contributed by atoms with E-state index in [-0.39, 0.29) is 11.5 Å². The second kappa shape index (κ2) is 7.01. The molecule has 0 saturated carbocycles. The van der Waals surface area contributed by atoms with Crippen LogP contribution in [0.15, 0.2) is 4.79 Å². The number of likely N-dealkylation sites (N-methyl/N-ethyl adjacent to an activating group) is 1. The van der Waals surface area contributed by atoms with E-state index in [0.29, 0.717) is 34.2 Å². The van der Waals surface area contributed by atoms with Gasteiger partial charge in [0.15, 0.2) is 0 Å². The standard InChI is InChI=1S/C15H21N5O2S/c1-8-9(2)19-20(5)15(22)11(8)14-18-10(3)12(23-14)13(21)17-7-6-16-4/h16H,6-7H2,1-5H3,(H,17,21). The average molecular weight is 335 g/mol. The number of rotatable bonds is 5. The molecule has 0 bridgehead atoms. The van der Waals surface area contributed by atoms with E-state index in [2.05, 4.69) is 20.7 Å². The summed E-state index contributed by atoms with van der Waals surface area (Å²) in [6.07, 6.45) is 0. The fraction of sp³-hybridized carbons (Fsp3) is 0.467. The Morgan fingerprint density at radius 1 is 1.22 bits per heavy atom. The van der Waals surface area contributed by atoms with Gasteiger partial charge < -0.3 is 10.6 Å². The highest BCUT2D eigenvalue weighted by Gasteiger charge is 2.20. The second-order valence-electron chi connectivity index (χ2n) is 5.31. The first-order chi connectivity index (χ1) is 10.9. The normalized spacial score (nSPS) is 10.8. The van der Waals surface area contributed by atoms with E-state index in [9.17, 15) is 9.59 Å². The molecule has 124 valence electrons. The molecule has 2 aromatic heterocycles. The van der Waals surface area contributed by atoms with Crippen LogP contribution in [0.1, 0.15) is 26.6 Å². The van der Waals surface area contributed by atoms with Gasteiger partial charge in [0, 0.05) is 20.1 Å². The van der Waals surface area contributed by atoms with Crippen LogP contribution < -0.4 is 16.2 Å². The van der Waals surface area contributed by atoms with Crippen LogP contribution in [0, 0.1) is 20.8 Å². The Kier molecular flexibility index (Phi) is 5.27. The third-order valence-electron chi connectivity index (χ3n) is 3.60.